The lowest BCUT2D eigenvalue weighted by molar-refractivity contribution is -0.141. The van der Waals surface area contributed by atoms with Gasteiger partial charge in [-0.3, -0.25) is 9.59 Å². The van der Waals surface area contributed by atoms with Crippen molar-refractivity contribution in [3.05, 3.63) is 41.2 Å². The fraction of sp³-hybridized carbons (Fsp3) is 0.500. The summed E-state index contributed by atoms with van der Waals surface area (Å²) >= 11 is 0. The molecule has 1 aromatic rings. The Balaban J connectivity index is 1.88. The average Bonchev–Trinajstić information content (AvgIpc) is 2.68. The van der Waals surface area contributed by atoms with E-state index in [9.17, 15) is 18.8 Å². The minimum atomic E-state index is -0.642. The van der Waals surface area contributed by atoms with Gasteiger partial charge in [0.25, 0.3) is 5.91 Å². The Bertz CT molecular complexity index is 847. The molecule has 2 amide bonds. The SMILES string of the molecule is CC(=O)OCCN1CCc2cc(OC/C(=C/F)CNC(=O)OC(C)(C)C)ccc2C1=O. The van der Waals surface area contributed by atoms with Gasteiger partial charge in [0, 0.05) is 31.1 Å². The molecule has 0 atom stereocenters. The second kappa shape index (κ2) is 10.8. The molecule has 0 bridgehead atoms. The van der Waals surface area contributed by atoms with Crippen LogP contribution in [0.1, 0.15) is 43.6 Å². The van der Waals surface area contributed by atoms with E-state index in [4.69, 9.17) is 14.2 Å². The maximum Gasteiger partial charge on any atom is 0.407 e. The van der Waals surface area contributed by atoms with Gasteiger partial charge in [0.2, 0.25) is 0 Å². The third-order valence-corrected chi connectivity index (χ3v) is 4.35. The summed E-state index contributed by atoms with van der Waals surface area (Å²) in [5.74, 6) is -0.0166. The summed E-state index contributed by atoms with van der Waals surface area (Å²) in [5.41, 5.74) is 0.992. The fourth-order valence-electron chi connectivity index (χ4n) is 2.91. The highest BCUT2D eigenvalue weighted by molar-refractivity contribution is 5.97. The van der Waals surface area contributed by atoms with E-state index >= 15 is 0 Å². The second-order valence-electron chi connectivity index (χ2n) is 8.11. The molecule has 1 N–H and O–H groups in total. The first kappa shape index (κ1) is 24.2. The molecule has 0 aliphatic carbocycles. The lowest BCUT2D eigenvalue weighted by Gasteiger charge is -2.28. The number of hydrogen-bond acceptors (Lipinski definition) is 6. The molecular formula is C22H29FN2O6. The molecule has 2 rings (SSSR count). The van der Waals surface area contributed by atoms with Crippen LogP contribution in [0, 0.1) is 0 Å². The smallest absolute Gasteiger partial charge is 0.407 e. The summed E-state index contributed by atoms with van der Waals surface area (Å²) in [6.45, 7) is 7.43. The van der Waals surface area contributed by atoms with Gasteiger partial charge in [-0.15, -0.1) is 0 Å². The largest absolute Gasteiger partial charge is 0.489 e. The highest BCUT2D eigenvalue weighted by Gasteiger charge is 2.24. The summed E-state index contributed by atoms with van der Waals surface area (Å²) in [7, 11) is 0. The Hall–Kier alpha value is -3.10. The number of carbonyl (C=O) groups excluding carboxylic acids is 3. The fourth-order valence-corrected chi connectivity index (χ4v) is 2.91. The maximum absolute atomic E-state index is 13.2. The van der Waals surface area contributed by atoms with Crippen molar-refractivity contribution in [2.24, 2.45) is 0 Å². The Morgan fingerprint density at radius 1 is 1.29 bits per heavy atom. The number of esters is 1. The number of rotatable bonds is 8. The van der Waals surface area contributed by atoms with Gasteiger partial charge in [-0.2, -0.15) is 0 Å². The van der Waals surface area contributed by atoms with Gasteiger partial charge in [-0.05, 0) is 51.0 Å². The van der Waals surface area contributed by atoms with Gasteiger partial charge < -0.3 is 24.4 Å². The third kappa shape index (κ3) is 7.92. The van der Waals surface area contributed by atoms with Gasteiger partial charge in [-0.25, -0.2) is 9.18 Å². The molecule has 1 aliphatic rings. The van der Waals surface area contributed by atoms with E-state index in [2.05, 4.69) is 5.32 Å². The average molecular weight is 436 g/mol. The topological polar surface area (TPSA) is 94.2 Å². The monoisotopic (exact) mass is 436 g/mol. The lowest BCUT2D eigenvalue weighted by Crippen LogP contribution is -2.39. The number of benzene rings is 1. The number of amides is 2. The van der Waals surface area contributed by atoms with E-state index in [0.29, 0.717) is 37.2 Å². The molecule has 1 aliphatic heterocycles. The number of ether oxygens (including phenoxy) is 3. The standard InChI is InChI=1S/C22H29FN2O6/c1-15(26)29-10-9-25-8-7-17-11-18(5-6-19(17)20(25)27)30-14-16(12-23)13-24-21(28)31-22(2,3)4/h5-6,11-12H,7-10,13-14H2,1-4H3,(H,24,28)/b16-12+. The summed E-state index contributed by atoms with van der Waals surface area (Å²) in [6.07, 6.45) is 0.377. The molecule has 0 unspecified atom stereocenters. The van der Waals surface area contributed by atoms with E-state index in [-0.39, 0.29) is 37.2 Å². The summed E-state index contributed by atoms with van der Waals surface area (Å²) in [6, 6.07) is 5.07. The zero-order chi connectivity index (χ0) is 23.0. The van der Waals surface area contributed by atoms with Crippen molar-refractivity contribution >= 4 is 18.0 Å². The van der Waals surface area contributed by atoms with Crippen LogP contribution in [-0.2, 0) is 20.7 Å². The minimum absolute atomic E-state index is 0.0495. The van der Waals surface area contributed by atoms with E-state index < -0.39 is 11.7 Å². The van der Waals surface area contributed by atoms with Crippen molar-refractivity contribution in [3.8, 4) is 5.75 Å². The molecule has 0 saturated carbocycles. The summed E-state index contributed by atoms with van der Waals surface area (Å²) < 4.78 is 28.8. The first-order valence-electron chi connectivity index (χ1n) is 10.0. The number of nitrogens with one attached hydrogen (secondary N) is 1. The number of alkyl carbamates (subject to hydrolysis) is 1. The normalized spacial score (nSPS) is 14.0. The van der Waals surface area contributed by atoms with Crippen molar-refractivity contribution < 1.29 is 33.0 Å². The Morgan fingerprint density at radius 3 is 2.68 bits per heavy atom. The number of nitrogens with zero attached hydrogens (tertiary/aromatic N) is 1. The zero-order valence-electron chi connectivity index (χ0n) is 18.3. The van der Waals surface area contributed by atoms with Crippen LogP contribution in [0.4, 0.5) is 9.18 Å². The predicted molar refractivity (Wildman–Crippen MR) is 112 cm³/mol. The predicted octanol–water partition coefficient (Wildman–Crippen LogP) is 3.00. The Labute approximate surface area is 181 Å². The first-order chi connectivity index (χ1) is 14.6. The van der Waals surface area contributed by atoms with Crippen LogP contribution < -0.4 is 10.1 Å². The van der Waals surface area contributed by atoms with Crippen molar-refractivity contribution in [2.45, 2.75) is 39.7 Å². The number of fused-ring (bicyclic) bond motifs is 1. The molecule has 1 aromatic carbocycles. The molecule has 31 heavy (non-hydrogen) atoms. The Kier molecular flexibility index (Phi) is 8.41. The quantitative estimate of drug-likeness (QED) is 0.630. The summed E-state index contributed by atoms with van der Waals surface area (Å²) in [4.78, 5) is 36.8. The molecule has 170 valence electrons. The molecule has 1 heterocycles. The van der Waals surface area contributed by atoms with Crippen molar-refractivity contribution in [1.82, 2.24) is 10.2 Å². The molecular weight excluding hydrogens is 407 g/mol. The van der Waals surface area contributed by atoms with Crippen LogP contribution in [0.5, 0.6) is 5.75 Å². The lowest BCUT2D eigenvalue weighted by atomic mass is 9.98. The highest BCUT2D eigenvalue weighted by Crippen LogP contribution is 2.24. The van der Waals surface area contributed by atoms with Crippen LogP contribution in [0.2, 0.25) is 0 Å². The molecule has 0 aromatic heterocycles. The number of hydrogen-bond donors (Lipinski definition) is 1. The summed E-state index contributed by atoms with van der Waals surface area (Å²) in [5, 5.41) is 2.48. The van der Waals surface area contributed by atoms with E-state index in [1.807, 2.05) is 0 Å². The second-order valence-corrected chi connectivity index (χ2v) is 8.11. The first-order valence-corrected chi connectivity index (χ1v) is 10.0. The molecule has 0 fully saturated rings. The van der Waals surface area contributed by atoms with Crippen LogP contribution in [0.15, 0.2) is 30.1 Å². The van der Waals surface area contributed by atoms with Crippen molar-refractivity contribution in [2.75, 3.05) is 32.8 Å². The maximum atomic E-state index is 13.2. The number of carbonyl (C=O) groups is 3. The van der Waals surface area contributed by atoms with E-state index in [1.165, 1.54) is 6.92 Å². The van der Waals surface area contributed by atoms with Crippen LogP contribution in [-0.4, -0.2) is 61.3 Å². The zero-order valence-corrected chi connectivity index (χ0v) is 18.3. The van der Waals surface area contributed by atoms with Crippen LogP contribution in [0.3, 0.4) is 0 Å². The van der Waals surface area contributed by atoms with Crippen LogP contribution in [0.25, 0.3) is 0 Å². The van der Waals surface area contributed by atoms with Gasteiger partial charge >= 0.3 is 12.1 Å². The third-order valence-electron chi connectivity index (χ3n) is 4.35. The van der Waals surface area contributed by atoms with E-state index in [0.717, 1.165) is 5.56 Å². The molecule has 9 heteroatoms. The minimum Gasteiger partial charge on any atom is -0.489 e. The van der Waals surface area contributed by atoms with E-state index in [1.54, 1.807) is 43.9 Å². The molecule has 0 spiro atoms. The van der Waals surface area contributed by atoms with Gasteiger partial charge in [0.1, 0.15) is 24.6 Å². The van der Waals surface area contributed by atoms with Crippen molar-refractivity contribution in [3.63, 3.8) is 0 Å². The molecule has 0 radical (unpaired) electrons. The van der Waals surface area contributed by atoms with Gasteiger partial charge in [-0.1, -0.05) is 0 Å². The van der Waals surface area contributed by atoms with Crippen LogP contribution >= 0.6 is 0 Å². The Morgan fingerprint density at radius 2 is 2.03 bits per heavy atom. The molecule has 0 saturated heterocycles. The molecule has 8 nitrogen and oxygen atoms in total. The van der Waals surface area contributed by atoms with Crippen molar-refractivity contribution in [1.29, 1.82) is 0 Å². The van der Waals surface area contributed by atoms with Gasteiger partial charge in [0.05, 0.1) is 12.9 Å². The highest BCUT2D eigenvalue weighted by atomic mass is 19.1. The van der Waals surface area contributed by atoms with Gasteiger partial charge in [0.15, 0.2) is 0 Å². The number of halogens is 1.